The topological polar surface area (TPSA) is 338 Å². The molecule has 13 N–H and O–H groups in total. The molecule has 0 aromatic heterocycles. The lowest BCUT2D eigenvalue weighted by Gasteiger charge is -2.45. The van der Waals surface area contributed by atoms with E-state index in [0.29, 0.717) is 11.1 Å². The van der Waals surface area contributed by atoms with Gasteiger partial charge < -0.3 is 81.0 Å². The number of ether oxygens (including phenoxy) is 3. The van der Waals surface area contributed by atoms with Crippen molar-refractivity contribution in [2.24, 2.45) is 34.6 Å². The van der Waals surface area contributed by atoms with Crippen LogP contribution in [0.3, 0.4) is 0 Å². The normalized spacial score (nSPS) is 37.6. The minimum Gasteiger partial charge on any atom is -0.481 e. The number of aliphatic hydroxyl groups excluding tert-OH is 9. The van der Waals surface area contributed by atoms with Crippen LogP contribution in [0.5, 0.6) is 0 Å². The molecule has 0 saturated carbocycles. The Morgan fingerprint density at radius 2 is 1.43 bits per heavy atom. The summed E-state index contributed by atoms with van der Waals surface area (Å²) in [5, 5.41) is 127. The maximum absolute atomic E-state index is 13.7. The lowest BCUT2D eigenvalue weighted by atomic mass is 9.84. The van der Waals surface area contributed by atoms with E-state index in [9.17, 15) is 70.6 Å². The first-order valence-electron chi connectivity index (χ1n) is 27.6. The van der Waals surface area contributed by atoms with E-state index in [2.05, 4.69) is 27.8 Å². The Morgan fingerprint density at radius 3 is 2.06 bits per heavy atom. The Hall–Kier alpha value is -4.06. The number of carboxylic acid groups (broad SMARTS) is 1. The smallest absolute Gasteiger partial charge is 0.334 e. The number of unbranched alkanes of at least 4 members (excludes halogenated alkanes) is 2. The van der Waals surface area contributed by atoms with Gasteiger partial charge in [0.1, 0.15) is 24.7 Å². The summed E-state index contributed by atoms with van der Waals surface area (Å²) in [5.41, 5.74) is 0.779. The minimum atomic E-state index is -2.48. The van der Waals surface area contributed by atoms with E-state index in [1.165, 1.54) is 0 Å². The molecule has 0 radical (unpaired) electrons. The summed E-state index contributed by atoms with van der Waals surface area (Å²) in [6.07, 6.45) is 1.35. The van der Waals surface area contributed by atoms with Gasteiger partial charge in [-0.15, -0.1) is 0 Å². The average Bonchev–Trinajstić information content (AvgIpc) is 3.35. The second kappa shape index (κ2) is 35.5. The fraction of sp³-hybridized carbons (Fsp3) is 0.754. The number of allylic oxidation sites excluding steroid dienone is 6. The summed E-state index contributed by atoms with van der Waals surface area (Å²) < 4.78 is 17.4. The summed E-state index contributed by atoms with van der Waals surface area (Å²) in [6.45, 7) is 13.1. The zero-order valence-electron chi connectivity index (χ0n) is 47.1. The van der Waals surface area contributed by atoms with Crippen LogP contribution in [-0.4, -0.2) is 180 Å². The molecule has 77 heavy (non-hydrogen) atoms. The second-order valence-electron chi connectivity index (χ2n) is 21.8. The van der Waals surface area contributed by atoms with E-state index in [1.54, 1.807) is 72.0 Å². The summed E-state index contributed by atoms with van der Waals surface area (Å²) in [5.74, 6) is -6.98. The van der Waals surface area contributed by atoms with E-state index in [0.717, 1.165) is 44.6 Å². The van der Waals surface area contributed by atoms with Gasteiger partial charge >= 0.3 is 17.9 Å². The van der Waals surface area contributed by atoms with Crippen LogP contribution in [-0.2, 0) is 28.6 Å². The number of cyclic esters (lactones) is 1. The van der Waals surface area contributed by atoms with Crippen LogP contribution in [0.1, 0.15) is 145 Å². The first-order chi connectivity index (χ1) is 36.2. The number of nitrogens with one attached hydrogen (secondary N) is 2. The summed E-state index contributed by atoms with van der Waals surface area (Å²) in [6, 6.07) is 0. The number of aliphatic hydroxyl groups is 10. The van der Waals surface area contributed by atoms with E-state index in [1.807, 2.05) is 27.0 Å². The fourth-order valence-corrected chi connectivity index (χ4v) is 9.63. The highest BCUT2D eigenvalue weighted by molar-refractivity contribution is 5.90. The van der Waals surface area contributed by atoms with Gasteiger partial charge in [-0.3, -0.25) is 14.6 Å². The lowest BCUT2D eigenvalue weighted by Crippen LogP contribution is -2.59. The Balaban J connectivity index is 2.44. The van der Waals surface area contributed by atoms with Crippen molar-refractivity contribution in [2.45, 2.75) is 224 Å². The second-order valence-corrected chi connectivity index (χ2v) is 21.8. The summed E-state index contributed by atoms with van der Waals surface area (Å²) >= 11 is 0. The molecule has 2 aliphatic rings. The molecule has 20 heteroatoms. The third-order valence-corrected chi connectivity index (χ3v) is 15.0. The summed E-state index contributed by atoms with van der Waals surface area (Å²) in [7, 11) is 3.53. The van der Waals surface area contributed by atoms with Gasteiger partial charge in [-0.05, 0) is 82.6 Å². The van der Waals surface area contributed by atoms with E-state index in [4.69, 9.17) is 14.2 Å². The van der Waals surface area contributed by atoms with Crippen LogP contribution in [0.15, 0.2) is 64.7 Å². The number of esters is 2. The lowest BCUT2D eigenvalue weighted by molar-refractivity contribution is -0.333. The zero-order chi connectivity index (χ0) is 58.0. The molecule has 0 aliphatic carbocycles. The van der Waals surface area contributed by atoms with Gasteiger partial charge in [0, 0.05) is 82.5 Å². The molecule has 18 atom stereocenters. The third kappa shape index (κ3) is 25.7. The van der Waals surface area contributed by atoms with Gasteiger partial charge in [-0.1, -0.05) is 83.2 Å². The number of rotatable bonds is 12. The zero-order valence-corrected chi connectivity index (χ0v) is 47.1. The molecule has 1 fully saturated rings. The first kappa shape index (κ1) is 69.0. The minimum absolute atomic E-state index is 0.0655. The number of carboxylic acids is 1. The molecule has 1 saturated heterocycles. The van der Waals surface area contributed by atoms with Crippen molar-refractivity contribution < 1.29 is 84.8 Å². The highest BCUT2D eigenvalue weighted by Gasteiger charge is 2.50. The largest absolute Gasteiger partial charge is 0.481 e. The molecule has 442 valence electrons. The van der Waals surface area contributed by atoms with Gasteiger partial charge in [0.15, 0.2) is 11.7 Å². The molecule has 2 rings (SSSR count). The van der Waals surface area contributed by atoms with Crippen LogP contribution >= 0.6 is 0 Å². The number of aliphatic carboxylic acids is 1. The molecule has 0 unspecified atom stereocenters. The highest BCUT2D eigenvalue weighted by Crippen LogP contribution is 2.36. The van der Waals surface area contributed by atoms with Crippen LogP contribution in [0.2, 0.25) is 0 Å². The van der Waals surface area contributed by atoms with Gasteiger partial charge in [-0.25, -0.2) is 4.79 Å². The maximum atomic E-state index is 13.7. The molecule has 0 aromatic rings. The van der Waals surface area contributed by atoms with Crippen molar-refractivity contribution in [2.75, 3.05) is 20.6 Å². The molecule has 20 nitrogen and oxygen atoms in total. The predicted molar refractivity (Wildman–Crippen MR) is 292 cm³/mol. The van der Waals surface area contributed by atoms with Gasteiger partial charge in [0.05, 0.1) is 54.9 Å². The van der Waals surface area contributed by atoms with Gasteiger partial charge in [0.2, 0.25) is 0 Å². The van der Waals surface area contributed by atoms with E-state index < -0.39 is 128 Å². The van der Waals surface area contributed by atoms with Crippen LogP contribution in [0.4, 0.5) is 0 Å². The van der Waals surface area contributed by atoms with Crippen molar-refractivity contribution in [1.82, 2.24) is 10.6 Å². The Bertz CT molecular complexity index is 1940. The molecular weight excluding hydrogens is 999 g/mol. The SMILES string of the molecule is CN=C(NC)NCCC/C=C\CCC[C@H](C)[C@@H]1OC(=O)/C(C)=C\C=C/[C@@H](C)[C@@H](O)C[C@H](O)[C@@H](C)[C@@H](O)CC[C@H](C)[C@@H](O)C[C@@]2(O)O[C@@H](C[C@@H](O)C[C@H](OC(=O)CC(=O)O)C[C@@H](O)C[C@H](O)/C(C)=C\C=C/[C@H]1C)C[C@@H](O)[C@@H]2O. The Morgan fingerprint density at radius 1 is 0.805 bits per heavy atom. The number of carbonyl (C=O) groups excluding carboxylic acids is 2. The quantitative estimate of drug-likeness (QED) is 0.0331. The molecule has 0 aromatic carbocycles. The van der Waals surface area contributed by atoms with Crippen molar-refractivity contribution in [3.05, 3.63) is 59.8 Å². The average molecular weight is 1100 g/mol. The number of carbonyl (C=O) groups is 3. The number of guanidine groups is 1. The maximum Gasteiger partial charge on any atom is 0.334 e. The number of hydrogen-bond acceptors (Lipinski definition) is 17. The van der Waals surface area contributed by atoms with Crippen LogP contribution in [0.25, 0.3) is 0 Å². The fourth-order valence-electron chi connectivity index (χ4n) is 9.63. The third-order valence-electron chi connectivity index (χ3n) is 15.0. The first-order valence-corrected chi connectivity index (χ1v) is 27.6. The van der Waals surface area contributed by atoms with Crippen molar-refractivity contribution in [1.29, 1.82) is 0 Å². The van der Waals surface area contributed by atoms with Crippen LogP contribution in [0, 0.1) is 29.6 Å². The number of nitrogens with zero attached hydrogens (tertiary/aromatic N) is 1. The highest BCUT2D eigenvalue weighted by atomic mass is 16.7. The monoisotopic (exact) mass is 1100 g/mol. The molecule has 2 aliphatic heterocycles. The Kier molecular flexibility index (Phi) is 31.9. The van der Waals surface area contributed by atoms with Gasteiger partial charge in [-0.2, -0.15) is 0 Å². The van der Waals surface area contributed by atoms with E-state index >= 15 is 0 Å². The van der Waals surface area contributed by atoms with Crippen LogP contribution < -0.4 is 10.6 Å². The molecule has 0 spiro atoms. The Labute approximate surface area is 456 Å². The summed E-state index contributed by atoms with van der Waals surface area (Å²) in [4.78, 5) is 41.6. The molecule has 2 heterocycles. The molecule has 0 amide bonds. The number of aliphatic imine (C=N–C) groups is 1. The van der Waals surface area contributed by atoms with Crippen molar-refractivity contribution in [3.63, 3.8) is 0 Å². The molecule has 2 bridgehead atoms. The van der Waals surface area contributed by atoms with E-state index in [-0.39, 0.29) is 63.2 Å². The standard InChI is InChI=1S/C57H97N3O17/c1-34-19-16-21-38(5)53(37(4)18-14-12-10-11-13-15-25-60-56(58-8)59-9)76-55(73)39(6)22-17-20-35(2)47(65)31-48(66)40(7)45(63)24-23-36(3)50(68)33-57(74)54(72)49(67)30-44(77-57)28-41(61)26-43(27-42(62)29-46(34)64)75-52(71)32-51(69)70/h10-11,16-17,19-22,35-38,40-50,53-54,61-68,72,74H,12-15,18,23-33H2,1-9H3,(H,69,70)(H2,58,59,60)/b11-10-,20-17-,21-16-,34-19-,39-22-/t35-,36+,37+,38-,40+,41+,42-,43+,44+,45+,46+,47+,48+,49-,50+,53+,54+,57-/m1/s1. The number of hydrogen-bond donors (Lipinski definition) is 13. The van der Waals surface area contributed by atoms with Gasteiger partial charge in [0.25, 0.3) is 0 Å². The predicted octanol–water partition coefficient (Wildman–Crippen LogP) is 3.63. The van der Waals surface area contributed by atoms with Crippen molar-refractivity contribution in [3.8, 4) is 0 Å². The van der Waals surface area contributed by atoms with Crippen molar-refractivity contribution >= 4 is 23.9 Å². The number of fused-ring (bicyclic) bond motifs is 2. The molecular formula is C57H97N3O17.